The second kappa shape index (κ2) is 4.63. The van der Waals surface area contributed by atoms with E-state index in [4.69, 9.17) is 5.73 Å². The van der Waals surface area contributed by atoms with Crippen molar-refractivity contribution in [2.75, 3.05) is 19.3 Å². The summed E-state index contributed by atoms with van der Waals surface area (Å²) in [4.78, 5) is 3.71. The monoisotopic (exact) mass is 219 g/mol. The topological polar surface area (TPSA) is 84.5 Å². The molecule has 0 spiro atoms. The van der Waals surface area contributed by atoms with Gasteiger partial charge in [-0.3, -0.25) is 4.99 Å². The zero-order chi connectivity index (χ0) is 10.6. The van der Waals surface area contributed by atoms with Crippen molar-refractivity contribution in [1.82, 2.24) is 5.32 Å². The van der Waals surface area contributed by atoms with E-state index >= 15 is 0 Å². The predicted molar refractivity (Wildman–Crippen MR) is 57.0 cm³/mol. The molecule has 1 aliphatic rings. The highest BCUT2D eigenvalue weighted by Gasteiger charge is 2.28. The SMILES string of the molecule is CN=C(N)NCC1CCCCS1(=O)=O. The summed E-state index contributed by atoms with van der Waals surface area (Å²) in [6.07, 6.45) is 2.50. The Morgan fingerprint density at radius 2 is 2.29 bits per heavy atom. The van der Waals surface area contributed by atoms with E-state index in [2.05, 4.69) is 10.3 Å². The standard InChI is InChI=1S/C8H17N3O2S/c1-10-8(9)11-6-7-4-2-3-5-14(7,12)13/h7H,2-6H2,1H3,(H3,9,10,11). The van der Waals surface area contributed by atoms with Gasteiger partial charge in [0.1, 0.15) is 0 Å². The molecule has 3 N–H and O–H groups in total. The second-order valence-corrected chi connectivity index (χ2v) is 5.88. The predicted octanol–water partition coefficient (Wildman–Crippen LogP) is -0.512. The van der Waals surface area contributed by atoms with Gasteiger partial charge in [0.05, 0.1) is 11.0 Å². The first-order valence-corrected chi connectivity index (χ1v) is 6.45. The second-order valence-electron chi connectivity index (χ2n) is 3.47. The molecule has 1 atom stereocenters. The quantitative estimate of drug-likeness (QED) is 0.484. The number of aliphatic imine (C=N–C) groups is 1. The summed E-state index contributed by atoms with van der Waals surface area (Å²) < 4.78 is 23.1. The van der Waals surface area contributed by atoms with E-state index in [9.17, 15) is 8.42 Å². The van der Waals surface area contributed by atoms with Crippen LogP contribution in [0.1, 0.15) is 19.3 Å². The van der Waals surface area contributed by atoms with Crippen molar-refractivity contribution in [2.45, 2.75) is 24.5 Å². The zero-order valence-electron chi connectivity index (χ0n) is 8.36. The molecule has 1 aliphatic heterocycles. The van der Waals surface area contributed by atoms with Crippen molar-refractivity contribution in [2.24, 2.45) is 10.7 Å². The Kier molecular flexibility index (Phi) is 3.74. The molecule has 0 amide bonds. The molecule has 1 heterocycles. The van der Waals surface area contributed by atoms with E-state index in [-0.39, 0.29) is 5.25 Å². The minimum absolute atomic E-state index is 0.295. The maximum atomic E-state index is 11.6. The van der Waals surface area contributed by atoms with E-state index in [1.807, 2.05) is 0 Å². The summed E-state index contributed by atoms with van der Waals surface area (Å²) >= 11 is 0. The fourth-order valence-electron chi connectivity index (χ4n) is 1.55. The van der Waals surface area contributed by atoms with Crippen LogP contribution in [0.2, 0.25) is 0 Å². The van der Waals surface area contributed by atoms with Crippen LogP contribution in [0.25, 0.3) is 0 Å². The van der Waals surface area contributed by atoms with Crippen LogP contribution >= 0.6 is 0 Å². The van der Waals surface area contributed by atoms with Gasteiger partial charge in [-0.25, -0.2) is 8.42 Å². The summed E-state index contributed by atoms with van der Waals surface area (Å²) in [5.74, 6) is 0.605. The summed E-state index contributed by atoms with van der Waals surface area (Å²) in [5, 5.41) is 2.51. The number of nitrogens with zero attached hydrogens (tertiary/aromatic N) is 1. The number of nitrogens with two attached hydrogens (primary N) is 1. The van der Waals surface area contributed by atoms with E-state index < -0.39 is 9.84 Å². The van der Waals surface area contributed by atoms with Gasteiger partial charge in [0, 0.05) is 13.6 Å². The number of guanidine groups is 1. The summed E-state index contributed by atoms with van der Waals surface area (Å²) in [6.45, 7) is 0.380. The smallest absolute Gasteiger partial charge is 0.188 e. The minimum atomic E-state index is -2.90. The van der Waals surface area contributed by atoms with Crippen LogP contribution in [0.5, 0.6) is 0 Å². The first kappa shape index (κ1) is 11.3. The van der Waals surface area contributed by atoms with Gasteiger partial charge in [0.2, 0.25) is 0 Å². The molecule has 0 radical (unpaired) electrons. The molecule has 1 fully saturated rings. The first-order valence-electron chi connectivity index (χ1n) is 4.74. The van der Waals surface area contributed by atoms with E-state index in [1.165, 1.54) is 0 Å². The molecule has 82 valence electrons. The Bertz CT molecular complexity index is 311. The molecule has 1 saturated heterocycles. The van der Waals surface area contributed by atoms with E-state index in [1.54, 1.807) is 7.05 Å². The lowest BCUT2D eigenvalue weighted by atomic mass is 10.2. The maximum absolute atomic E-state index is 11.6. The Hall–Kier alpha value is -0.780. The van der Waals surface area contributed by atoms with Gasteiger partial charge in [-0.15, -0.1) is 0 Å². The Labute approximate surface area is 84.7 Å². The van der Waals surface area contributed by atoms with Crippen molar-refractivity contribution < 1.29 is 8.42 Å². The highest BCUT2D eigenvalue weighted by molar-refractivity contribution is 7.92. The van der Waals surface area contributed by atoms with Crippen molar-refractivity contribution >= 4 is 15.8 Å². The van der Waals surface area contributed by atoms with Crippen molar-refractivity contribution in [3.63, 3.8) is 0 Å². The van der Waals surface area contributed by atoms with Crippen LogP contribution < -0.4 is 11.1 Å². The number of hydrogen-bond donors (Lipinski definition) is 2. The van der Waals surface area contributed by atoms with E-state index in [0.29, 0.717) is 18.3 Å². The molecule has 14 heavy (non-hydrogen) atoms. The number of sulfone groups is 1. The molecule has 0 aromatic carbocycles. The van der Waals surface area contributed by atoms with Gasteiger partial charge in [0.25, 0.3) is 0 Å². The van der Waals surface area contributed by atoms with Crippen molar-refractivity contribution in [3.05, 3.63) is 0 Å². The lowest BCUT2D eigenvalue weighted by molar-refractivity contribution is 0.535. The third kappa shape index (κ3) is 2.87. The maximum Gasteiger partial charge on any atom is 0.188 e. The lowest BCUT2D eigenvalue weighted by Gasteiger charge is -2.22. The van der Waals surface area contributed by atoms with Crippen molar-refractivity contribution in [3.8, 4) is 0 Å². The number of hydrogen-bond acceptors (Lipinski definition) is 3. The molecule has 5 nitrogen and oxygen atoms in total. The van der Waals surface area contributed by atoms with Gasteiger partial charge in [0.15, 0.2) is 15.8 Å². The van der Waals surface area contributed by atoms with E-state index in [0.717, 1.165) is 19.3 Å². The number of nitrogens with one attached hydrogen (secondary N) is 1. The average Bonchev–Trinajstić information content (AvgIpc) is 2.15. The average molecular weight is 219 g/mol. The largest absolute Gasteiger partial charge is 0.370 e. The van der Waals surface area contributed by atoms with Gasteiger partial charge in [-0.05, 0) is 12.8 Å². The fraction of sp³-hybridized carbons (Fsp3) is 0.875. The van der Waals surface area contributed by atoms with Gasteiger partial charge < -0.3 is 11.1 Å². The van der Waals surface area contributed by atoms with Crippen LogP contribution in [0.3, 0.4) is 0 Å². The minimum Gasteiger partial charge on any atom is -0.370 e. The van der Waals surface area contributed by atoms with Gasteiger partial charge in [-0.1, -0.05) is 6.42 Å². The lowest BCUT2D eigenvalue weighted by Crippen LogP contribution is -2.42. The molecule has 1 rings (SSSR count). The van der Waals surface area contributed by atoms with Crippen LogP contribution in [-0.4, -0.2) is 39.0 Å². The summed E-state index contributed by atoms with van der Waals surface area (Å²) in [7, 11) is -1.33. The van der Waals surface area contributed by atoms with Crippen LogP contribution in [0, 0.1) is 0 Å². The van der Waals surface area contributed by atoms with Crippen LogP contribution in [0.15, 0.2) is 4.99 Å². The normalized spacial score (nSPS) is 27.2. The van der Waals surface area contributed by atoms with Gasteiger partial charge in [-0.2, -0.15) is 0 Å². The number of rotatable bonds is 2. The molecule has 0 aromatic rings. The van der Waals surface area contributed by atoms with Crippen molar-refractivity contribution in [1.29, 1.82) is 0 Å². The third-order valence-electron chi connectivity index (χ3n) is 2.46. The highest BCUT2D eigenvalue weighted by atomic mass is 32.2. The van der Waals surface area contributed by atoms with Crippen LogP contribution in [-0.2, 0) is 9.84 Å². The molecule has 0 aromatic heterocycles. The fourth-order valence-corrected chi connectivity index (χ4v) is 3.35. The highest BCUT2D eigenvalue weighted by Crippen LogP contribution is 2.18. The zero-order valence-corrected chi connectivity index (χ0v) is 9.18. The Morgan fingerprint density at radius 1 is 1.57 bits per heavy atom. The Balaban J connectivity index is 2.51. The first-order chi connectivity index (χ1) is 6.56. The molecule has 6 heteroatoms. The summed E-state index contributed by atoms with van der Waals surface area (Å²) in [6, 6.07) is 0. The summed E-state index contributed by atoms with van der Waals surface area (Å²) in [5.41, 5.74) is 5.42. The third-order valence-corrected chi connectivity index (χ3v) is 4.74. The molecule has 1 unspecified atom stereocenters. The van der Waals surface area contributed by atoms with Crippen LogP contribution in [0.4, 0.5) is 0 Å². The Morgan fingerprint density at radius 3 is 2.86 bits per heavy atom. The molecule has 0 bridgehead atoms. The molecular formula is C8H17N3O2S. The molecule has 0 aliphatic carbocycles. The van der Waals surface area contributed by atoms with Gasteiger partial charge >= 0.3 is 0 Å². The molecule has 0 saturated carbocycles. The molecular weight excluding hydrogens is 202 g/mol.